The molecule has 0 bridgehead atoms. The van der Waals surface area contributed by atoms with Gasteiger partial charge in [-0.1, -0.05) is 35.9 Å². The third-order valence-corrected chi connectivity index (χ3v) is 5.15. The summed E-state index contributed by atoms with van der Waals surface area (Å²) >= 11 is 5.06. The van der Waals surface area contributed by atoms with Crippen LogP contribution in [0.2, 0.25) is 0 Å². The van der Waals surface area contributed by atoms with Gasteiger partial charge in [-0.15, -0.1) is 0 Å². The largest absolute Gasteiger partial charge is 0.465 e. The van der Waals surface area contributed by atoms with E-state index in [0.717, 1.165) is 19.2 Å². The van der Waals surface area contributed by atoms with Crippen LogP contribution in [0.1, 0.15) is 28.8 Å². The van der Waals surface area contributed by atoms with Gasteiger partial charge >= 0.3 is 5.97 Å². The van der Waals surface area contributed by atoms with Crippen LogP contribution >= 0.6 is 11.6 Å². The molecule has 2 N–H and O–H groups in total. The zero-order chi connectivity index (χ0) is 22.8. The fraction of sp³-hybridized carbons (Fsp3) is 0.286. The van der Waals surface area contributed by atoms with Crippen molar-refractivity contribution in [1.82, 2.24) is 10.6 Å². The number of hydrogen-bond donors (Lipinski definition) is 2. The number of esters is 1. The summed E-state index contributed by atoms with van der Waals surface area (Å²) < 4.78 is 46.2. The minimum Gasteiger partial charge on any atom is -0.465 e. The molecule has 0 heterocycles. The highest BCUT2D eigenvalue weighted by Gasteiger charge is 2.51. The van der Waals surface area contributed by atoms with E-state index in [1.54, 1.807) is 0 Å². The van der Waals surface area contributed by atoms with E-state index < -0.39 is 40.6 Å². The van der Waals surface area contributed by atoms with Crippen LogP contribution in [0.3, 0.4) is 0 Å². The van der Waals surface area contributed by atoms with Crippen LogP contribution in [-0.2, 0) is 20.9 Å². The monoisotopic (exact) mass is 454 g/mol. The van der Waals surface area contributed by atoms with Crippen molar-refractivity contribution < 1.29 is 32.3 Å². The first-order valence-corrected chi connectivity index (χ1v) is 9.66. The second-order valence-electron chi connectivity index (χ2n) is 7.01. The minimum atomic E-state index is -2.27. The first kappa shape index (κ1) is 22.6. The Kier molecular flexibility index (Phi) is 6.54. The lowest BCUT2D eigenvalue weighted by molar-refractivity contribution is -0.131. The molecule has 3 rings (SSSR count). The number of amides is 2. The van der Waals surface area contributed by atoms with Crippen molar-refractivity contribution in [1.29, 1.82) is 0 Å². The van der Waals surface area contributed by atoms with Crippen molar-refractivity contribution in [3.63, 3.8) is 0 Å². The Labute approximate surface area is 180 Å². The van der Waals surface area contributed by atoms with E-state index in [1.807, 2.05) is 0 Å². The summed E-state index contributed by atoms with van der Waals surface area (Å²) in [5.41, 5.74) is -3.31. The smallest absolute Gasteiger partial charge is 0.341 e. The van der Waals surface area contributed by atoms with E-state index in [0.29, 0.717) is 12.8 Å². The van der Waals surface area contributed by atoms with Gasteiger partial charge in [0, 0.05) is 12.1 Å². The van der Waals surface area contributed by atoms with Crippen molar-refractivity contribution in [3.8, 4) is 11.1 Å². The number of carbonyl (C=O) groups excluding carboxylic acids is 3. The maximum Gasteiger partial charge on any atom is 0.341 e. The molecule has 2 amide bonds. The molecule has 1 atom stereocenters. The number of alkyl halides is 2. The quantitative estimate of drug-likeness (QED) is 0.497. The van der Waals surface area contributed by atoms with Crippen LogP contribution in [-0.4, -0.2) is 36.1 Å². The maximum atomic E-state index is 14.6. The van der Waals surface area contributed by atoms with Gasteiger partial charge in [-0.2, -0.15) is 0 Å². The lowest BCUT2D eigenvalue weighted by Crippen LogP contribution is -2.50. The lowest BCUT2D eigenvalue weighted by atomic mass is 9.98. The molecule has 1 aliphatic rings. The number of methoxy groups -OCH3 is 1. The average molecular weight is 455 g/mol. The van der Waals surface area contributed by atoms with Crippen LogP contribution in [0.5, 0.6) is 0 Å². The molecule has 1 aliphatic carbocycles. The molecule has 10 heteroatoms. The molecular formula is C21H18ClF3N2O4. The number of benzene rings is 2. The zero-order valence-electron chi connectivity index (χ0n) is 16.3. The Morgan fingerprint density at radius 1 is 1.16 bits per heavy atom. The second-order valence-corrected chi connectivity index (χ2v) is 7.40. The fourth-order valence-electron chi connectivity index (χ4n) is 3.10. The Hall–Kier alpha value is -3.07. The molecule has 0 spiro atoms. The highest BCUT2D eigenvalue weighted by molar-refractivity contribution is 6.29. The van der Waals surface area contributed by atoms with E-state index in [2.05, 4.69) is 15.4 Å². The average Bonchev–Trinajstić information content (AvgIpc) is 3.52. The normalized spacial score (nSPS) is 15.0. The van der Waals surface area contributed by atoms with Gasteiger partial charge < -0.3 is 15.4 Å². The number of rotatable bonds is 7. The van der Waals surface area contributed by atoms with Gasteiger partial charge in [0.2, 0.25) is 5.91 Å². The summed E-state index contributed by atoms with van der Waals surface area (Å²) in [6.07, 6.45) is 0.622. The number of hydrogen-bond acceptors (Lipinski definition) is 4. The van der Waals surface area contributed by atoms with E-state index in [-0.39, 0.29) is 28.8 Å². The number of halogens is 4. The Morgan fingerprint density at radius 3 is 2.45 bits per heavy atom. The van der Waals surface area contributed by atoms with Gasteiger partial charge in [-0.3, -0.25) is 9.59 Å². The highest BCUT2D eigenvalue weighted by atomic mass is 35.5. The van der Waals surface area contributed by atoms with Gasteiger partial charge in [0.1, 0.15) is 22.7 Å². The van der Waals surface area contributed by atoms with Crippen molar-refractivity contribution in [2.24, 2.45) is 0 Å². The van der Waals surface area contributed by atoms with Gasteiger partial charge in [-0.05, 0) is 36.1 Å². The number of ether oxygens (including phenoxy) is 1. The second kappa shape index (κ2) is 8.97. The fourth-order valence-corrected chi connectivity index (χ4v) is 3.16. The molecule has 1 saturated carbocycles. The molecule has 2 aromatic rings. The minimum absolute atomic E-state index is 0.121. The third-order valence-electron chi connectivity index (χ3n) is 4.95. The van der Waals surface area contributed by atoms with E-state index >= 15 is 0 Å². The predicted octanol–water partition coefficient (Wildman–Crippen LogP) is 3.22. The molecular weight excluding hydrogens is 437 g/mol. The molecule has 1 unspecified atom stereocenters. The molecule has 0 saturated heterocycles. The van der Waals surface area contributed by atoms with Crippen LogP contribution < -0.4 is 10.6 Å². The standard InChI is InChI=1S/C21H18ClF3N2O4/c1-31-19(29)16-13(3-2-4-14(16)23)11-5-6-12(15(24)9-11)10-26-20(30)21(7-8-21)27-18(28)17(22)25/h2-6,9,17H,7-8,10H2,1H3,(H,26,30)(H,27,28). The molecule has 0 aliphatic heterocycles. The van der Waals surface area contributed by atoms with E-state index in [1.165, 1.54) is 24.3 Å². The Balaban J connectivity index is 1.74. The van der Waals surface area contributed by atoms with Crippen molar-refractivity contribution >= 4 is 29.4 Å². The summed E-state index contributed by atoms with van der Waals surface area (Å²) in [5, 5.41) is 4.75. The summed E-state index contributed by atoms with van der Waals surface area (Å²) in [6, 6.07) is 7.90. The van der Waals surface area contributed by atoms with E-state index in [4.69, 9.17) is 11.6 Å². The summed E-state index contributed by atoms with van der Waals surface area (Å²) in [6.45, 7) is -0.199. The topological polar surface area (TPSA) is 84.5 Å². The first-order valence-electron chi connectivity index (χ1n) is 9.22. The zero-order valence-corrected chi connectivity index (χ0v) is 17.1. The Morgan fingerprint density at radius 2 is 1.87 bits per heavy atom. The predicted molar refractivity (Wildman–Crippen MR) is 106 cm³/mol. The van der Waals surface area contributed by atoms with Crippen molar-refractivity contribution in [2.75, 3.05) is 7.11 Å². The summed E-state index contributed by atoms with van der Waals surface area (Å²) in [5.74, 6) is -4.09. The molecule has 164 valence electrons. The third kappa shape index (κ3) is 4.82. The summed E-state index contributed by atoms with van der Waals surface area (Å²) in [7, 11) is 1.11. The van der Waals surface area contributed by atoms with Crippen LogP contribution in [0, 0.1) is 11.6 Å². The van der Waals surface area contributed by atoms with Gasteiger partial charge in [0.25, 0.3) is 11.5 Å². The maximum absolute atomic E-state index is 14.6. The summed E-state index contributed by atoms with van der Waals surface area (Å²) in [4.78, 5) is 35.7. The number of nitrogens with one attached hydrogen (secondary N) is 2. The van der Waals surface area contributed by atoms with Gasteiger partial charge in [0.15, 0.2) is 0 Å². The Bertz CT molecular complexity index is 1040. The molecule has 0 radical (unpaired) electrons. The van der Waals surface area contributed by atoms with Gasteiger partial charge in [-0.25, -0.2) is 18.0 Å². The molecule has 31 heavy (non-hydrogen) atoms. The molecule has 0 aromatic heterocycles. The van der Waals surface area contributed by atoms with Crippen molar-refractivity contribution in [3.05, 3.63) is 59.2 Å². The molecule has 1 fully saturated rings. The van der Waals surface area contributed by atoms with Crippen LogP contribution in [0.25, 0.3) is 11.1 Å². The first-order chi connectivity index (χ1) is 14.7. The van der Waals surface area contributed by atoms with E-state index in [9.17, 15) is 27.6 Å². The van der Waals surface area contributed by atoms with Crippen molar-refractivity contribution in [2.45, 2.75) is 30.6 Å². The number of carbonyl (C=O) groups is 3. The molecule has 6 nitrogen and oxygen atoms in total. The van der Waals surface area contributed by atoms with Gasteiger partial charge in [0.05, 0.1) is 7.11 Å². The molecule has 2 aromatic carbocycles. The SMILES string of the molecule is COC(=O)c1c(F)cccc1-c1ccc(CNC(=O)C2(NC(=O)C(F)Cl)CC2)c(F)c1. The lowest BCUT2D eigenvalue weighted by Gasteiger charge is -2.17. The van der Waals surface area contributed by atoms with Crippen LogP contribution in [0.4, 0.5) is 13.2 Å². The van der Waals surface area contributed by atoms with Crippen LogP contribution in [0.15, 0.2) is 36.4 Å². The highest BCUT2D eigenvalue weighted by Crippen LogP contribution is 2.36.